The molecule has 0 aliphatic heterocycles. The van der Waals surface area contributed by atoms with Crippen molar-refractivity contribution in [3.8, 4) is 0 Å². The van der Waals surface area contributed by atoms with Crippen LogP contribution in [-0.2, 0) is 6.54 Å². The van der Waals surface area contributed by atoms with Gasteiger partial charge in [0.2, 0.25) is 0 Å². The van der Waals surface area contributed by atoms with E-state index in [2.05, 4.69) is 0 Å². The second-order valence-corrected chi connectivity index (χ2v) is 2.69. The van der Waals surface area contributed by atoms with Gasteiger partial charge >= 0.3 is 5.69 Å². The monoisotopic (exact) mass is 210 g/mol. The summed E-state index contributed by atoms with van der Waals surface area (Å²) in [5.74, 6) is 0. The van der Waals surface area contributed by atoms with Gasteiger partial charge in [0, 0.05) is 6.20 Å². The summed E-state index contributed by atoms with van der Waals surface area (Å²) in [6, 6.07) is 0. The van der Waals surface area contributed by atoms with Crippen molar-refractivity contribution in [2.75, 3.05) is 0 Å². The first kappa shape index (κ1) is 9.91. The molecule has 0 aromatic carbocycles. The van der Waals surface area contributed by atoms with E-state index in [-0.39, 0.29) is 5.02 Å². The molecule has 1 aromatic heterocycles. The predicted molar refractivity (Wildman–Crippen MR) is 42.3 cm³/mol. The van der Waals surface area contributed by atoms with Gasteiger partial charge in [-0.1, -0.05) is 11.6 Å². The quantitative estimate of drug-likeness (QED) is 0.771. The molecule has 0 aliphatic rings. The summed E-state index contributed by atoms with van der Waals surface area (Å²) in [7, 11) is 0. The summed E-state index contributed by atoms with van der Waals surface area (Å²) in [6.07, 6.45) is -1.78. The molecule has 72 valence electrons. The van der Waals surface area contributed by atoms with E-state index in [1.54, 1.807) is 4.98 Å². The third-order valence-corrected chi connectivity index (χ3v) is 1.57. The molecule has 0 unspecified atom stereocenters. The van der Waals surface area contributed by atoms with Crippen molar-refractivity contribution in [2.24, 2.45) is 0 Å². The van der Waals surface area contributed by atoms with Gasteiger partial charge in [-0.05, 0) is 0 Å². The minimum atomic E-state index is -2.67. The lowest BCUT2D eigenvalue weighted by molar-refractivity contribution is 0.124. The Bertz CT molecular complexity index is 412. The van der Waals surface area contributed by atoms with Gasteiger partial charge in [0.25, 0.3) is 12.0 Å². The van der Waals surface area contributed by atoms with E-state index in [9.17, 15) is 18.4 Å². The van der Waals surface area contributed by atoms with E-state index in [0.717, 1.165) is 6.20 Å². The van der Waals surface area contributed by atoms with Crippen molar-refractivity contribution in [1.82, 2.24) is 9.55 Å². The minimum absolute atomic E-state index is 0.291. The van der Waals surface area contributed by atoms with Crippen LogP contribution in [0.5, 0.6) is 0 Å². The number of rotatable bonds is 2. The molecule has 0 amide bonds. The normalized spacial score (nSPS) is 10.8. The molecule has 0 bridgehead atoms. The zero-order chi connectivity index (χ0) is 10.0. The maximum absolute atomic E-state index is 11.8. The molecule has 1 heterocycles. The number of aromatic amines is 1. The maximum Gasteiger partial charge on any atom is 0.328 e. The summed E-state index contributed by atoms with van der Waals surface area (Å²) in [5.41, 5.74) is -1.67. The van der Waals surface area contributed by atoms with Crippen LogP contribution in [-0.4, -0.2) is 16.0 Å². The lowest BCUT2D eigenvalue weighted by Gasteiger charge is -2.02. The molecule has 0 aliphatic carbocycles. The third kappa shape index (κ3) is 2.38. The van der Waals surface area contributed by atoms with E-state index in [0.29, 0.717) is 4.57 Å². The fourth-order valence-electron chi connectivity index (χ4n) is 0.767. The van der Waals surface area contributed by atoms with Gasteiger partial charge < -0.3 is 0 Å². The highest BCUT2D eigenvalue weighted by molar-refractivity contribution is 6.30. The van der Waals surface area contributed by atoms with Crippen molar-refractivity contribution < 1.29 is 8.78 Å². The summed E-state index contributed by atoms with van der Waals surface area (Å²) in [4.78, 5) is 23.3. The number of aromatic nitrogens is 2. The Morgan fingerprint density at radius 2 is 2.15 bits per heavy atom. The van der Waals surface area contributed by atoms with Crippen molar-refractivity contribution in [3.63, 3.8) is 0 Å². The van der Waals surface area contributed by atoms with Crippen molar-refractivity contribution >= 4 is 11.6 Å². The van der Waals surface area contributed by atoms with E-state index >= 15 is 0 Å². The number of halogens is 3. The number of nitrogens with one attached hydrogen (secondary N) is 1. The van der Waals surface area contributed by atoms with E-state index in [1.807, 2.05) is 0 Å². The van der Waals surface area contributed by atoms with Crippen molar-refractivity contribution in [2.45, 2.75) is 13.0 Å². The van der Waals surface area contributed by atoms with Gasteiger partial charge in [-0.15, -0.1) is 0 Å². The zero-order valence-corrected chi connectivity index (χ0v) is 7.02. The van der Waals surface area contributed by atoms with Crippen LogP contribution in [0.3, 0.4) is 0 Å². The Hall–Kier alpha value is -1.17. The Kier molecular flexibility index (Phi) is 2.82. The van der Waals surface area contributed by atoms with Gasteiger partial charge in [0.15, 0.2) is 0 Å². The molecule has 0 spiro atoms. The predicted octanol–water partition coefficient (Wildman–Crippen LogP) is 0.455. The lowest BCUT2D eigenvalue weighted by Crippen LogP contribution is -2.31. The van der Waals surface area contributed by atoms with Gasteiger partial charge in [0.05, 0.1) is 6.54 Å². The molecule has 7 heteroatoms. The molecule has 13 heavy (non-hydrogen) atoms. The fraction of sp³-hybridized carbons (Fsp3) is 0.333. The topological polar surface area (TPSA) is 54.9 Å². The molecular formula is C6H5ClF2N2O2. The second kappa shape index (κ2) is 3.69. The SMILES string of the molecule is O=c1[nH]c(=O)n(CC(F)F)cc1Cl. The molecular weight excluding hydrogens is 206 g/mol. The molecule has 0 saturated carbocycles. The number of hydrogen-bond donors (Lipinski definition) is 1. The summed E-state index contributed by atoms with van der Waals surface area (Å²) in [5, 5.41) is -0.291. The Balaban J connectivity index is 3.17. The average Bonchev–Trinajstić information content (AvgIpc) is 1.99. The van der Waals surface area contributed by atoms with E-state index < -0.39 is 24.2 Å². The van der Waals surface area contributed by atoms with Crippen molar-refractivity contribution in [1.29, 1.82) is 0 Å². The average molecular weight is 211 g/mol. The first-order valence-electron chi connectivity index (χ1n) is 3.28. The second-order valence-electron chi connectivity index (χ2n) is 2.28. The minimum Gasteiger partial charge on any atom is -0.293 e. The number of H-pyrrole nitrogens is 1. The zero-order valence-electron chi connectivity index (χ0n) is 6.26. The highest BCUT2D eigenvalue weighted by Gasteiger charge is 2.07. The molecule has 0 fully saturated rings. The van der Waals surface area contributed by atoms with E-state index in [1.165, 1.54) is 0 Å². The van der Waals surface area contributed by atoms with Crippen molar-refractivity contribution in [3.05, 3.63) is 32.1 Å². The summed E-state index contributed by atoms with van der Waals surface area (Å²) < 4.78 is 24.3. The maximum atomic E-state index is 11.8. The molecule has 1 N–H and O–H groups in total. The molecule has 0 radical (unpaired) electrons. The highest BCUT2D eigenvalue weighted by Crippen LogP contribution is 1.99. The largest absolute Gasteiger partial charge is 0.328 e. The van der Waals surface area contributed by atoms with Crippen LogP contribution in [0.1, 0.15) is 0 Å². The van der Waals surface area contributed by atoms with Crippen LogP contribution in [0.15, 0.2) is 15.8 Å². The molecule has 4 nitrogen and oxygen atoms in total. The number of hydrogen-bond acceptors (Lipinski definition) is 2. The van der Waals surface area contributed by atoms with Crippen LogP contribution in [0.2, 0.25) is 5.02 Å². The van der Waals surface area contributed by atoms with Crippen LogP contribution >= 0.6 is 11.6 Å². The summed E-state index contributed by atoms with van der Waals surface area (Å²) in [6.45, 7) is -0.782. The Morgan fingerprint density at radius 3 is 2.69 bits per heavy atom. The third-order valence-electron chi connectivity index (χ3n) is 1.30. The first-order chi connectivity index (χ1) is 6.00. The Labute approximate surface area is 75.8 Å². The van der Waals surface area contributed by atoms with Crippen LogP contribution in [0.4, 0.5) is 8.78 Å². The van der Waals surface area contributed by atoms with Crippen LogP contribution < -0.4 is 11.2 Å². The molecule has 0 saturated heterocycles. The molecule has 0 atom stereocenters. The van der Waals surface area contributed by atoms with Gasteiger partial charge in [-0.2, -0.15) is 0 Å². The molecule has 1 rings (SSSR count). The smallest absolute Gasteiger partial charge is 0.293 e. The lowest BCUT2D eigenvalue weighted by atomic mass is 10.6. The van der Waals surface area contributed by atoms with Gasteiger partial charge in [-0.3, -0.25) is 14.3 Å². The Morgan fingerprint density at radius 1 is 1.54 bits per heavy atom. The van der Waals surface area contributed by atoms with Crippen LogP contribution in [0.25, 0.3) is 0 Å². The van der Waals surface area contributed by atoms with Gasteiger partial charge in [0.1, 0.15) is 5.02 Å². The van der Waals surface area contributed by atoms with Gasteiger partial charge in [-0.25, -0.2) is 13.6 Å². The summed E-state index contributed by atoms with van der Waals surface area (Å²) >= 11 is 5.32. The first-order valence-corrected chi connectivity index (χ1v) is 3.66. The fourth-order valence-corrected chi connectivity index (χ4v) is 0.932. The van der Waals surface area contributed by atoms with Crippen LogP contribution in [0, 0.1) is 0 Å². The highest BCUT2D eigenvalue weighted by atomic mass is 35.5. The number of alkyl halides is 2. The standard InChI is InChI=1S/C6H5ClF2N2O2/c7-3-1-11(2-4(8)9)6(13)10-5(3)12/h1,4H,2H2,(H,10,12,13). The number of nitrogens with zero attached hydrogens (tertiary/aromatic N) is 1. The van der Waals surface area contributed by atoms with E-state index in [4.69, 9.17) is 11.6 Å². The molecule has 1 aromatic rings.